The molecule has 0 amide bonds. The maximum Gasteiger partial charge on any atom is 0.416 e. The molecule has 0 unspecified atom stereocenters. The minimum absolute atomic E-state index is 0.0263. The molecule has 0 aliphatic rings. The topological polar surface area (TPSA) is 59.0 Å². The summed E-state index contributed by atoms with van der Waals surface area (Å²) in [6.07, 6.45) is -4.50. The van der Waals surface area contributed by atoms with Crippen molar-refractivity contribution < 1.29 is 17.9 Å². The Morgan fingerprint density at radius 2 is 1.75 bits per heavy atom. The van der Waals surface area contributed by atoms with Crippen molar-refractivity contribution in [2.75, 3.05) is 5.73 Å². The van der Waals surface area contributed by atoms with Crippen molar-refractivity contribution in [3.8, 4) is 17.6 Å². The van der Waals surface area contributed by atoms with E-state index in [4.69, 9.17) is 15.7 Å². The standard InChI is InChI=1S/C14H9F3N2O/c15-14(16,17)10-5-6-12(9(7-10)8-18)20-13-4-2-1-3-11(13)19/h1-7H,19H2. The molecule has 0 atom stereocenters. The van der Waals surface area contributed by atoms with E-state index in [2.05, 4.69) is 0 Å². The van der Waals surface area contributed by atoms with Crippen LogP contribution < -0.4 is 10.5 Å². The molecular formula is C14H9F3N2O. The van der Waals surface area contributed by atoms with Gasteiger partial charge in [0.15, 0.2) is 0 Å². The van der Waals surface area contributed by atoms with Gasteiger partial charge in [-0.3, -0.25) is 0 Å². The highest BCUT2D eigenvalue weighted by molar-refractivity contribution is 5.55. The normalized spacial score (nSPS) is 10.9. The maximum atomic E-state index is 12.6. The number of halogens is 3. The Kier molecular flexibility index (Phi) is 3.53. The molecule has 3 nitrogen and oxygen atoms in total. The van der Waals surface area contributed by atoms with Crippen molar-refractivity contribution in [3.63, 3.8) is 0 Å². The lowest BCUT2D eigenvalue weighted by Gasteiger charge is -2.12. The maximum absolute atomic E-state index is 12.6. The van der Waals surface area contributed by atoms with Crippen molar-refractivity contribution >= 4 is 5.69 Å². The van der Waals surface area contributed by atoms with E-state index in [-0.39, 0.29) is 17.1 Å². The van der Waals surface area contributed by atoms with Crippen LogP contribution in [0.25, 0.3) is 0 Å². The molecule has 0 radical (unpaired) electrons. The molecule has 0 heterocycles. The molecule has 0 fully saturated rings. The number of nitrogens with zero attached hydrogens (tertiary/aromatic N) is 1. The zero-order chi connectivity index (χ0) is 14.8. The zero-order valence-electron chi connectivity index (χ0n) is 10.1. The van der Waals surface area contributed by atoms with E-state index in [9.17, 15) is 13.2 Å². The van der Waals surface area contributed by atoms with Crippen LogP contribution >= 0.6 is 0 Å². The fourth-order valence-corrected chi connectivity index (χ4v) is 1.57. The molecular weight excluding hydrogens is 269 g/mol. The predicted molar refractivity (Wildman–Crippen MR) is 67.1 cm³/mol. The highest BCUT2D eigenvalue weighted by Crippen LogP contribution is 2.34. The van der Waals surface area contributed by atoms with Crippen LogP contribution in [0.15, 0.2) is 42.5 Å². The minimum atomic E-state index is -4.50. The van der Waals surface area contributed by atoms with Gasteiger partial charge in [0.25, 0.3) is 0 Å². The number of para-hydroxylation sites is 2. The van der Waals surface area contributed by atoms with Gasteiger partial charge in [0.1, 0.15) is 17.6 Å². The van der Waals surface area contributed by atoms with Gasteiger partial charge in [-0.1, -0.05) is 12.1 Å². The van der Waals surface area contributed by atoms with Gasteiger partial charge in [0.05, 0.1) is 16.8 Å². The summed E-state index contributed by atoms with van der Waals surface area (Å²) in [5.74, 6) is 0.308. The summed E-state index contributed by atoms with van der Waals surface area (Å²) in [5, 5.41) is 8.93. The van der Waals surface area contributed by atoms with Crippen molar-refractivity contribution in [1.29, 1.82) is 5.26 Å². The quantitative estimate of drug-likeness (QED) is 0.846. The van der Waals surface area contributed by atoms with Gasteiger partial charge < -0.3 is 10.5 Å². The van der Waals surface area contributed by atoms with E-state index in [0.717, 1.165) is 18.2 Å². The summed E-state index contributed by atoms with van der Waals surface area (Å²) >= 11 is 0. The van der Waals surface area contributed by atoms with Gasteiger partial charge in [-0.05, 0) is 30.3 Å². The van der Waals surface area contributed by atoms with E-state index in [1.165, 1.54) is 0 Å². The van der Waals surface area contributed by atoms with Crippen molar-refractivity contribution in [3.05, 3.63) is 53.6 Å². The molecule has 0 aromatic heterocycles. The average molecular weight is 278 g/mol. The van der Waals surface area contributed by atoms with E-state index in [1.807, 2.05) is 0 Å². The second-order valence-corrected chi connectivity index (χ2v) is 3.96. The van der Waals surface area contributed by atoms with E-state index in [0.29, 0.717) is 5.69 Å². The van der Waals surface area contributed by atoms with Gasteiger partial charge in [-0.2, -0.15) is 18.4 Å². The number of hydrogen-bond donors (Lipinski definition) is 1. The summed E-state index contributed by atoms with van der Waals surface area (Å²) in [6, 6.07) is 10.9. The second-order valence-electron chi connectivity index (χ2n) is 3.96. The third-order valence-corrected chi connectivity index (χ3v) is 2.57. The molecule has 2 rings (SSSR count). The summed E-state index contributed by atoms with van der Waals surface area (Å²) in [6.45, 7) is 0. The van der Waals surface area contributed by atoms with E-state index < -0.39 is 11.7 Å². The summed E-state index contributed by atoms with van der Waals surface area (Å²) < 4.78 is 43.1. The van der Waals surface area contributed by atoms with Crippen molar-refractivity contribution in [2.45, 2.75) is 6.18 Å². The number of benzene rings is 2. The molecule has 0 spiro atoms. The molecule has 0 bridgehead atoms. The summed E-state index contributed by atoms with van der Waals surface area (Å²) in [5.41, 5.74) is 4.90. The lowest BCUT2D eigenvalue weighted by molar-refractivity contribution is -0.137. The van der Waals surface area contributed by atoms with Gasteiger partial charge in [-0.25, -0.2) is 0 Å². The third kappa shape index (κ3) is 2.83. The van der Waals surface area contributed by atoms with Crippen molar-refractivity contribution in [2.24, 2.45) is 0 Å². The number of hydrogen-bond acceptors (Lipinski definition) is 3. The molecule has 2 N–H and O–H groups in total. The molecule has 2 aromatic carbocycles. The number of rotatable bonds is 2. The van der Waals surface area contributed by atoms with Crippen LogP contribution in [-0.2, 0) is 6.18 Å². The first-order chi connectivity index (χ1) is 9.41. The van der Waals surface area contributed by atoms with Crippen LogP contribution in [0.5, 0.6) is 11.5 Å². The van der Waals surface area contributed by atoms with Gasteiger partial charge in [0, 0.05) is 0 Å². The first-order valence-electron chi connectivity index (χ1n) is 5.55. The summed E-state index contributed by atoms with van der Waals surface area (Å²) in [7, 11) is 0. The van der Waals surface area contributed by atoms with Crippen LogP contribution in [0.2, 0.25) is 0 Å². The Bertz CT molecular complexity index is 675. The fraction of sp³-hybridized carbons (Fsp3) is 0.0714. The molecule has 0 saturated carbocycles. The lowest BCUT2D eigenvalue weighted by atomic mass is 10.1. The Hall–Kier alpha value is -2.68. The number of nitriles is 1. The largest absolute Gasteiger partial charge is 0.454 e. The van der Waals surface area contributed by atoms with E-state index >= 15 is 0 Å². The van der Waals surface area contributed by atoms with Crippen LogP contribution in [0.1, 0.15) is 11.1 Å². The second kappa shape index (κ2) is 5.13. The molecule has 20 heavy (non-hydrogen) atoms. The minimum Gasteiger partial charge on any atom is -0.454 e. The Morgan fingerprint density at radius 3 is 2.35 bits per heavy atom. The molecule has 0 aliphatic heterocycles. The molecule has 6 heteroatoms. The highest BCUT2D eigenvalue weighted by atomic mass is 19.4. The molecule has 2 aromatic rings. The number of alkyl halides is 3. The van der Waals surface area contributed by atoms with Crippen molar-refractivity contribution in [1.82, 2.24) is 0 Å². The zero-order valence-corrected chi connectivity index (χ0v) is 10.1. The van der Waals surface area contributed by atoms with Crippen LogP contribution in [0.3, 0.4) is 0 Å². The summed E-state index contributed by atoms with van der Waals surface area (Å²) in [4.78, 5) is 0. The predicted octanol–water partition coefficient (Wildman–Crippen LogP) is 3.95. The Balaban J connectivity index is 2.39. The van der Waals surface area contributed by atoms with Gasteiger partial charge in [-0.15, -0.1) is 0 Å². The Labute approximate surface area is 113 Å². The molecule has 102 valence electrons. The monoisotopic (exact) mass is 278 g/mol. The number of ether oxygens (including phenoxy) is 1. The molecule has 0 aliphatic carbocycles. The average Bonchev–Trinajstić information content (AvgIpc) is 2.40. The third-order valence-electron chi connectivity index (χ3n) is 2.57. The van der Waals surface area contributed by atoms with Crippen LogP contribution in [-0.4, -0.2) is 0 Å². The smallest absolute Gasteiger partial charge is 0.416 e. The first kappa shape index (κ1) is 13.7. The lowest BCUT2D eigenvalue weighted by Crippen LogP contribution is -2.05. The highest BCUT2D eigenvalue weighted by Gasteiger charge is 2.31. The number of nitrogens with two attached hydrogens (primary N) is 1. The Morgan fingerprint density at radius 1 is 1.05 bits per heavy atom. The number of nitrogen functional groups attached to an aromatic ring is 1. The van der Waals surface area contributed by atoms with E-state index in [1.54, 1.807) is 30.3 Å². The fourth-order valence-electron chi connectivity index (χ4n) is 1.57. The molecule has 0 saturated heterocycles. The van der Waals surface area contributed by atoms with Gasteiger partial charge >= 0.3 is 6.18 Å². The first-order valence-corrected chi connectivity index (χ1v) is 5.55. The van der Waals surface area contributed by atoms with Gasteiger partial charge in [0.2, 0.25) is 0 Å². The van der Waals surface area contributed by atoms with Crippen LogP contribution in [0, 0.1) is 11.3 Å². The number of anilines is 1. The van der Waals surface area contributed by atoms with Crippen LogP contribution in [0.4, 0.5) is 18.9 Å². The SMILES string of the molecule is N#Cc1cc(C(F)(F)F)ccc1Oc1ccccc1N.